The number of alkyl halides is 2. The predicted octanol–water partition coefficient (Wildman–Crippen LogP) is 2.58. The molecular formula is C8H16F2O4P+. The Morgan fingerprint density at radius 3 is 2.07 bits per heavy atom. The first-order valence-corrected chi connectivity index (χ1v) is 5.83. The monoisotopic (exact) mass is 245 g/mol. The SMILES string of the molecule is CCC(O)(CC)CCC(F)(F)O[P+](=O)O. The van der Waals surface area contributed by atoms with Crippen molar-refractivity contribution in [2.45, 2.75) is 51.2 Å². The molecule has 0 aromatic carbocycles. The van der Waals surface area contributed by atoms with Gasteiger partial charge in [0, 0.05) is 11.0 Å². The summed E-state index contributed by atoms with van der Waals surface area (Å²) in [6.45, 7) is 3.38. The summed E-state index contributed by atoms with van der Waals surface area (Å²) in [5, 5.41) is 9.70. The minimum Gasteiger partial charge on any atom is -0.390 e. The van der Waals surface area contributed by atoms with Gasteiger partial charge >= 0.3 is 14.4 Å². The smallest absolute Gasteiger partial charge is 0.390 e. The van der Waals surface area contributed by atoms with Crippen LogP contribution in [0.15, 0.2) is 0 Å². The van der Waals surface area contributed by atoms with E-state index in [0.29, 0.717) is 12.8 Å². The van der Waals surface area contributed by atoms with Crippen LogP contribution in [0.4, 0.5) is 8.78 Å². The van der Waals surface area contributed by atoms with E-state index in [2.05, 4.69) is 4.52 Å². The van der Waals surface area contributed by atoms with Crippen LogP contribution in [0.5, 0.6) is 0 Å². The summed E-state index contributed by atoms with van der Waals surface area (Å²) in [5.41, 5.74) is -1.16. The second kappa shape index (κ2) is 5.80. The predicted molar refractivity (Wildman–Crippen MR) is 50.6 cm³/mol. The number of aliphatic hydroxyl groups is 1. The molecule has 0 aliphatic rings. The first kappa shape index (κ1) is 14.8. The Labute approximate surface area is 88.2 Å². The molecule has 0 spiro atoms. The summed E-state index contributed by atoms with van der Waals surface area (Å²) in [5.74, 6) is 0. The topological polar surface area (TPSA) is 66.8 Å². The lowest BCUT2D eigenvalue weighted by Crippen LogP contribution is -2.30. The fraction of sp³-hybridized carbons (Fsp3) is 1.00. The maximum atomic E-state index is 12.8. The van der Waals surface area contributed by atoms with Gasteiger partial charge in [-0.1, -0.05) is 13.8 Å². The van der Waals surface area contributed by atoms with Gasteiger partial charge < -0.3 is 5.11 Å². The highest BCUT2D eigenvalue weighted by atomic mass is 31.1. The van der Waals surface area contributed by atoms with Crippen molar-refractivity contribution in [2.75, 3.05) is 0 Å². The largest absolute Gasteiger partial charge is 0.701 e. The molecule has 0 saturated carbocycles. The molecule has 0 rings (SSSR count). The highest BCUT2D eigenvalue weighted by molar-refractivity contribution is 7.32. The van der Waals surface area contributed by atoms with Crippen molar-refractivity contribution >= 4 is 8.25 Å². The summed E-state index contributed by atoms with van der Waals surface area (Å²) < 4.78 is 39.2. The molecule has 0 fully saturated rings. The standard InChI is InChI=1S/C8H15F2O4P/c1-3-7(11,4-2)5-6-8(9,10)14-15(12)13/h11H,3-6H2,1-2H3/p+1. The van der Waals surface area contributed by atoms with Crippen LogP contribution in [-0.4, -0.2) is 21.7 Å². The summed E-state index contributed by atoms with van der Waals surface area (Å²) >= 11 is 0. The molecule has 0 aromatic rings. The highest BCUT2D eigenvalue weighted by Gasteiger charge is 2.42. The molecule has 7 heteroatoms. The fourth-order valence-electron chi connectivity index (χ4n) is 1.14. The minimum atomic E-state index is -3.67. The zero-order valence-corrected chi connectivity index (χ0v) is 9.64. The Morgan fingerprint density at radius 1 is 1.27 bits per heavy atom. The van der Waals surface area contributed by atoms with E-state index in [1.165, 1.54) is 0 Å². The Balaban J connectivity index is 4.18. The third kappa shape index (κ3) is 6.10. The first-order chi connectivity index (χ1) is 6.74. The van der Waals surface area contributed by atoms with E-state index in [-0.39, 0.29) is 6.42 Å². The minimum absolute atomic E-state index is 0.170. The lowest BCUT2D eigenvalue weighted by molar-refractivity contribution is -0.189. The molecule has 0 aliphatic heterocycles. The maximum absolute atomic E-state index is 12.8. The van der Waals surface area contributed by atoms with Gasteiger partial charge in [-0.05, 0) is 23.8 Å². The third-order valence-electron chi connectivity index (χ3n) is 2.41. The highest BCUT2D eigenvalue weighted by Crippen LogP contribution is 2.35. The second-order valence-corrected chi connectivity index (χ2v) is 4.06. The molecule has 1 unspecified atom stereocenters. The molecule has 1 atom stereocenters. The molecule has 0 aromatic heterocycles. The van der Waals surface area contributed by atoms with E-state index < -0.39 is 26.4 Å². The lowest BCUT2D eigenvalue weighted by atomic mass is 9.92. The van der Waals surface area contributed by atoms with Crippen molar-refractivity contribution in [1.29, 1.82) is 0 Å². The van der Waals surface area contributed by atoms with Gasteiger partial charge in [-0.3, -0.25) is 0 Å². The van der Waals surface area contributed by atoms with E-state index in [9.17, 15) is 18.5 Å². The van der Waals surface area contributed by atoms with Crippen LogP contribution in [-0.2, 0) is 9.09 Å². The van der Waals surface area contributed by atoms with Crippen molar-refractivity contribution in [1.82, 2.24) is 0 Å². The van der Waals surface area contributed by atoms with Gasteiger partial charge in [0.25, 0.3) is 0 Å². The zero-order chi connectivity index (χ0) is 12.1. The Morgan fingerprint density at radius 2 is 1.73 bits per heavy atom. The molecule has 0 saturated heterocycles. The van der Waals surface area contributed by atoms with Gasteiger partial charge in [-0.25, -0.2) is 0 Å². The van der Waals surface area contributed by atoms with Crippen LogP contribution in [0.1, 0.15) is 39.5 Å². The van der Waals surface area contributed by atoms with Gasteiger partial charge in [0.15, 0.2) is 0 Å². The fourth-order valence-corrected chi connectivity index (χ4v) is 1.46. The van der Waals surface area contributed by atoms with Crippen LogP contribution in [0.25, 0.3) is 0 Å². The maximum Gasteiger partial charge on any atom is 0.701 e. The van der Waals surface area contributed by atoms with Gasteiger partial charge in [-0.2, -0.15) is 8.78 Å². The molecule has 90 valence electrons. The van der Waals surface area contributed by atoms with Crippen molar-refractivity contribution in [3.8, 4) is 0 Å². The molecular weight excluding hydrogens is 229 g/mol. The van der Waals surface area contributed by atoms with E-state index in [4.69, 9.17) is 4.89 Å². The van der Waals surface area contributed by atoms with E-state index in [1.54, 1.807) is 13.8 Å². The first-order valence-electron chi connectivity index (χ1n) is 4.70. The van der Waals surface area contributed by atoms with Gasteiger partial charge in [-0.15, -0.1) is 4.89 Å². The number of rotatable bonds is 7. The van der Waals surface area contributed by atoms with Crippen LogP contribution in [0.3, 0.4) is 0 Å². The normalized spacial score (nSPS) is 14.1. The van der Waals surface area contributed by atoms with E-state index in [0.717, 1.165) is 0 Å². The number of hydrogen-bond donors (Lipinski definition) is 2. The van der Waals surface area contributed by atoms with Gasteiger partial charge in [0.1, 0.15) is 0 Å². The Hall–Kier alpha value is -0.160. The summed E-state index contributed by atoms with van der Waals surface area (Å²) in [7, 11) is -3.33. The van der Waals surface area contributed by atoms with Crippen molar-refractivity contribution in [3.63, 3.8) is 0 Å². The number of hydrogen-bond acceptors (Lipinski definition) is 3. The molecule has 0 heterocycles. The lowest BCUT2D eigenvalue weighted by Gasteiger charge is -2.25. The summed E-state index contributed by atoms with van der Waals surface area (Å²) in [6.07, 6.45) is -3.90. The van der Waals surface area contributed by atoms with Crippen molar-refractivity contribution in [2.24, 2.45) is 0 Å². The quantitative estimate of drug-likeness (QED) is 0.676. The van der Waals surface area contributed by atoms with Crippen LogP contribution < -0.4 is 0 Å². The Bertz CT molecular complexity index is 219. The molecule has 0 amide bonds. The van der Waals surface area contributed by atoms with Crippen LogP contribution >= 0.6 is 8.25 Å². The van der Waals surface area contributed by atoms with Gasteiger partial charge in [0.05, 0.1) is 5.60 Å². The molecule has 2 N–H and O–H groups in total. The molecule has 0 bridgehead atoms. The number of halogens is 2. The Kier molecular flexibility index (Phi) is 5.73. The van der Waals surface area contributed by atoms with E-state index in [1.807, 2.05) is 0 Å². The average Bonchev–Trinajstić information content (AvgIpc) is 2.12. The van der Waals surface area contributed by atoms with Crippen LogP contribution in [0, 0.1) is 0 Å². The van der Waals surface area contributed by atoms with Crippen molar-refractivity contribution < 1.29 is 27.9 Å². The van der Waals surface area contributed by atoms with Gasteiger partial charge in [0.2, 0.25) is 0 Å². The third-order valence-corrected chi connectivity index (χ3v) is 2.83. The average molecular weight is 245 g/mol. The zero-order valence-electron chi connectivity index (χ0n) is 8.74. The molecule has 0 radical (unpaired) electrons. The van der Waals surface area contributed by atoms with Crippen LogP contribution in [0.2, 0.25) is 0 Å². The molecule has 15 heavy (non-hydrogen) atoms. The summed E-state index contributed by atoms with van der Waals surface area (Å²) in [6, 6.07) is 0. The van der Waals surface area contributed by atoms with E-state index >= 15 is 0 Å². The molecule has 0 aliphatic carbocycles. The van der Waals surface area contributed by atoms with Crippen molar-refractivity contribution in [3.05, 3.63) is 0 Å². The summed E-state index contributed by atoms with van der Waals surface area (Å²) in [4.78, 5) is 8.18. The second-order valence-electron chi connectivity index (χ2n) is 3.40. The molecule has 4 nitrogen and oxygen atoms in total.